The second kappa shape index (κ2) is 11.7. The number of rotatable bonds is 0. The van der Waals surface area contributed by atoms with Crippen LogP contribution in [-0.2, 0) is 14.3 Å². The van der Waals surface area contributed by atoms with Crippen molar-refractivity contribution >= 4 is 5.97 Å². The van der Waals surface area contributed by atoms with E-state index in [9.17, 15) is 0 Å². The maximum atomic E-state index is 9.00. The summed E-state index contributed by atoms with van der Waals surface area (Å²) in [4.78, 5) is 9.00. The van der Waals surface area contributed by atoms with E-state index in [0.717, 1.165) is 33.4 Å². The fourth-order valence-electron chi connectivity index (χ4n) is 0.825. The Labute approximate surface area is 95.8 Å². The first-order chi connectivity index (χ1) is 7.73. The smallest absolute Gasteiger partial charge is 0.300 e. The van der Waals surface area contributed by atoms with Crippen LogP contribution in [0.25, 0.3) is 0 Å². The van der Waals surface area contributed by atoms with Crippen molar-refractivity contribution in [2.24, 2.45) is 0 Å². The third-order valence-corrected chi connectivity index (χ3v) is 1.41. The van der Waals surface area contributed by atoms with Gasteiger partial charge in [0.1, 0.15) is 0 Å². The fraction of sp³-hybridized carbons (Fsp3) is 0.417. The van der Waals surface area contributed by atoms with E-state index in [-0.39, 0.29) is 0 Å². The summed E-state index contributed by atoms with van der Waals surface area (Å²) in [6.07, 6.45) is 0. The molecule has 1 heterocycles. The molecule has 90 valence electrons. The molecule has 0 aromatic heterocycles. The average Bonchev–Trinajstić information content (AvgIpc) is 2.34. The van der Waals surface area contributed by atoms with Crippen molar-refractivity contribution in [2.45, 2.75) is 6.92 Å². The van der Waals surface area contributed by atoms with Crippen LogP contribution in [0.4, 0.5) is 0 Å². The molecule has 1 aromatic carbocycles. The van der Waals surface area contributed by atoms with Gasteiger partial charge in [-0.2, -0.15) is 0 Å². The molecule has 2 rings (SSSR count). The van der Waals surface area contributed by atoms with Crippen LogP contribution in [0.2, 0.25) is 0 Å². The SMILES string of the molecule is C1COCCO1.CC(=O)O.c1ccccc1. The number of benzene rings is 1. The summed E-state index contributed by atoms with van der Waals surface area (Å²) in [5.74, 6) is -0.833. The topological polar surface area (TPSA) is 55.8 Å². The van der Waals surface area contributed by atoms with Crippen molar-refractivity contribution in [3.05, 3.63) is 36.4 Å². The van der Waals surface area contributed by atoms with E-state index in [2.05, 4.69) is 0 Å². The van der Waals surface area contributed by atoms with Gasteiger partial charge < -0.3 is 14.6 Å². The Morgan fingerprint density at radius 3 is 1.19 bits per heavy atom. The standard InChI is InChI=1S/C6H6.C4H8O2.C2H4O2/c1-2-4-6-5-3-1;1-2-6-4-3-5-1;1-2(3)4/h1-6H;1-4H2;1H3,(H,3,4). The van der Waals surface area contributed by atoms with Crippen LogP contribution in [0.1, 0.15) is 6.92 Å². The number of hydrogen-bond acceptors (Lipinski definition) is 3. The average molecular weight is 226 g/mol. The van der Waals surface area contributed by atoms with E-state index in [4.69, 9.17) is 19.4 Å². The minimum atomic E-state index is -0.833. The molecule has 1 fully saturated rings. The van der Waals surface area contributed by atoms with Crippen molar-refractivity contribution in [2.75, 3.05) is 26.4 Å². The van der Waals surface area contributed by atoms with Crippen LogP contribution in [0.5, 0.6) is 0 Å². The molecule has 1 aliphatic rings. The Balaban J connectivity index is 0.000000217. The van der Waals surface area contributed by atoms with E-state index in [0.29, 0.717) is 0 Å². The van der Waals surface area contributed by atoms with Gasteiger partial charge in [0.25, 0.3) is 5.97 Å². The van der Waals surface area contributed by atoms with Crippen LogP contribution in [0.15, 0.2) is 36.4 Å². The predicted molar refractivity (Wildman–Crippen MR) is 61.4 cm³/mol. The largest absolute Gasteiger partial charge is 0.481 e. The highest BCUT2D eigenvalue weighted by atomic mass is 16.6. The highest BCUT2D eigenvalue weighted by molar-refractivity contribution is 5.62. The second-order valence-corrected chi connectivity index (χ2v) is 2.90. The quantitative estimate of drug-likeness (QED) is 0.733. The maximum Gasteiger partial charge on any atom is 0.300 e. The number of carboxylic acids is 1. The first kappa shape index (κ1) is 14.6. The number of carboxylic acid groups (broad SMARTS) is 1. The minimum absolute atomic E-state index is 0.778. The molecule has 16 heavy (non-hydrogen) atoms. The summed E-state index contributed by atoms with van der Waals surface area (Å²) < 4.78 is 9.89. The molecule has 1 aromatic rings. The second-order valence-electron chi connectivity index (χ2n) is 2.90. The fourth-order valence-corrected chi connectivity index (χ4v) is 0.825. The highest BCUT2D eigenvalue weighted by Gasteiger charge is 1.94. The number of hydrogen-bond donors (Lipinski definition) is 1. The molecule has 1 aliphatic heterocycles. The van der Waals surface area contributed by atoms with Gasteiger partial charge in [-0.1, -0.05) is 36.4 Å². The first-order valence-corrected chi connectivity index (χ1v) is 5.08. The molecule has 0 unspecified atom stereocenters. The monoisotopic (exact) mass is 226 g/mol. The van der Waals surface area contributed by atoms with Gasteiger partial charge in [-0.3, -0.25) is 4.79 Å². The molecular formula is C12H18O4. The summed E-state index contributed by atoms with van der Waals surface area (Å²) in [6, 6.07) is 12.0. The van der Waals surface area contributed by atoms with E-state index in [1.54, 1.807) is 0 Å². The lowest BCUT2D eigenvalue weighted by atomic mass is 10.4. The summed E-state index contributed by atoms with van der Waals surface area (Å²) in [5.41, 5.74) is 0. The van der Waals surface area contributed by atoms with Gasteiger partial charge in [-0.15, -0.1) is 0 Å². The molecule has 0 aliphatic carbocycles. The molecule has 0 radical (unpaired) electrons. The van der Waals surface area contributed by atoms with Crippen molar-refractivity contribution in [3.8, 4) is 0 Å². The Bertz CT molecular complexity index is 202. The number of aliphatic carboxylic acids is 1. The normalized spacial score (nSPS) is 13.6. The molecule has 1 N–H and O–H groups in total. The third-order valence-electron chi connectivity index (χ3n) is 1.41. The van der Waals surface area contributed by atoms with Crippen LogP contribution in [-0.4, -0.2) is 37.5 Å². The van der Waals surface area contributed by atoms with Gasteiger partial charge in [0.2, 0.25) is 0 Å². The van der Waals surface area contributed by atoms with Crippen molar-refractivity contribution in [1.29, 1.82) is 0 Å². The lowest BCUT2D eigenvalue weighted by molar-refractivity contribution is -0.134. The Kier molecular flexibility index (Phi) is 10.7. The Hall–Kier alpha value is -1.39. The summed E-state index contributed by atoms with van der Waals surface area (Å²) in [5, 5.41) is 7.42. The highest BCUT2D eigenvalue weighted by Crippen LogP contribution is 1.85. The number of ether oxygens (including phenoxy) is 2. The van der Waals surface area contributed by atoms with Gasteiger partial charge in [0.05, 0.1) is 26.4 Å². The third kappa shape index (κ3) is 15.1. The molecule has 0 spiro atoms. The van der Waals surface area contributed by atoms with Gasteiger partial charge in [0.15, 0.2) is 0 Å². The van der Waals surface area contributed by atoms with E-state index in [1.807, 2.05) is 36.4 Å². The van der Waals surface area contributed by atoms with Crippen molar-refractivity contribution < 1.29 is 19.4 Å². The van der Waals surface area contributed by atoms with Gasteiger partial charge >= 0.3 is 0 Å². The molecule has 1 saturated heterocycles. The molecule has 0 atom stereocenters. The van der Waals surface area contributed by atoms with E-state index < -0.39 is 5.97 Å². The van der Waals surface area contributed by atoms with Gasteiger partial charge in [0, 0.05) is 6.92 Å². The lowest BCUT2D eigenvalue weighted by Gasteiger charge is -2.09. The molecule has 0 saturated carbocycles. The van der Waals surface area contributed by atoms with Crippen LogP contribution >= 0.6 is 0 Å². The zero-order valence-corrected chi connectivity index (χ0v) is 9.46. The van der Waals surface area contributed by atoms with Crippen LogP contribution < -0.4 is 0 Å². The number of carbonyl (C=O) groups is 1. The van der Waals surface area contributed by atoms with Gasteiger partial charge in [-0.25, -0.2) is 0 Å². The van der Waals surface area contributed by atoms with Crippen LogP contribution in [0, 0.1) is 0 Å². The summed E-state index contributed by atoms with van der Waals surface area (Å²) in [6.45, 7) is 4.19. The molecule has 0 amide bonds. The summed E-state index contributed by atoms with van der Waals surface area (Å²) >= 11 is 0. The van der Waals surface area contributed by atoms with Crippen molar-refractivity contribution in [3.63, 3.8) is 0 Å². The van der Waals surface area contributed by atoms with E-state index >= 15 is 0 Å². The minimum Gasteiger partial charge on any atom is -0.481 e. The molecule has 4 nitrogen and oxygen atoms in total. The lowest BCUT2D eigenvalue weighted by Crippen LogP contribution is -2.16. The molecule has 4 heteroatoms. The van der Waals surface area contributed by atoms with Gasteiger partial charge in [-0.05, 0) is 0 Å². The zero-order chi connectivity index (χ0) is 12.1. The Morgan fingerprint density at radius 2 is 1.06 bits per heavy atom. The molecule has 0 bridgehead atoms. The Morgan fingerprint density at radius 1 is 0.875 bits per heavy atom. The first-order valence-electron chi connectivity index (χ1n) is 5.08. The maximum absolute atomic E-state index is 9.00. The van der Waals surface area contributed by atoms with E-state index in [1.165, 1.54) is 0 Å². The predicted octanol–water partition coefficient (Wildman–Crippen LogP) is 1.81. The molecular weight excluding hydrogens is 208 g/mol. The van der Waals surface area contributed by atoms with Crippen molar-refractivity contribution in [1.82, 2.24) is 0 Å². The zero-order valence-electron chi connectivity index (χ0n) is 9.46. The summed E-state index contributed by atoms with van der Waals surface area (Å²) in [7, 11) is 0. The van der Waals surface area contributed by atoms with Crippen LogP contribution in [0.3, 0.4) is 0 Å².